The Bertz CT molecular complexity index is 1080. The summed E-state index contributed by atoms with van der Waals surface area (Å²) in [6.45, 7) is 2.05. The number of hydrogen-bond donors (Lipinski definition) is 2. The van der Waals surface area contributed by atoms with Crippen LogP contribution in [0.4, 0.5) is 24.5 Å². The molecule has 10 heteroatoms. The number of benzene rings is 2. The minimum Gasteiger partial charge on any atom is -0.494 e. The van der Waals surface area contributed by atoms with E-state index in [4.69, 9.17) is 13.9 Å². The zero-order valence-electron chi connectivity index (χ0n) is 17.6. The van der Waals surface area contributed by atoms with Gasteiger partial charge >= 0.3 is 6.18 Å². The Morgan fingerprint density at radius 3 is 2.27 bits per heavy atom. The van der Waals surface area contributed by atoms with Gasteiger partial charge in [0.05, 0.1) is 24.1 Å². The molecule has 0 saturated heterocycles. The number of furan rings is 1. The number of hydrogen-bond acceptors (Lipinski definition) is 5. The average molecular weight is 462 g/mol. The Morgan fingerprint density at radius 1 is 0.970 bits per heavy atom. The number of rotatable bonds is 9. The predicted molar refractivity (Wildman–Crippen MR) is 114 cm³/mol. The van der Waals surface area contributed by atoms with Crippen molar-refractivity contribution < 1.29 is 36.7 Å². The number of alkyl halides is 3. The fraction of sp³-hybridized carbons (Fsp3) is 0.217. The number of ether oxygens (including phenoxy) is 2. The Balaban J connectivity index is 1.64. The van der Waals surface area contributed by atoms with Gasteiger partial charge in [0.25, 0.3) is 11.8 Å². The quantitative estimate of drug-likeness (QED) is 0.447. The first-order chi connectivity index (χ1) is 15.8. The average Bonchev–Trinajstić information content (AvgIpc) is 3.32. The van der Waals surface area contributed by atoms with Gasteiger partial charge in [0.1, 0.15) is 11.5 Å². The molecule has 7 nitrogen and oxygen atoms in total. The van der Waals surface area contributed by atoms with Crippen molar-refractivity contribution in [1.82, 2.24) is 0 Å². The van der Waals surface area contributed by atoms with Crippen molar-refractivity contribution in [3.63, 3.8) is 0 Å². The van der Waals surface area contributed by atoms with E-state index in [9.17, 15) is 22.8 Å². The van der Waals surface area contributed by atoms with Crippen LogP contribution in [-0.2, 0) is 11.0 Å². The Hall–Kier alpha value is -3.95. The molecule has 0 spiro atoms. The lowest BCUT2D eigenvalue weighted by Gasteiger charge is -2.16. The molecule has 2 aromatic carbocycles. The van der Waals surface area contributed by atoms with Crippen molar-refractivity contribution in [2.75, 3.05) is 23.8 Å². The summed E-state index contributed by atoms with van der Waals surface area (Å²) in [4.78, 5) is 24.2. The molecule has 0 aliphatic rings. The molecule has 0 atom stereocenters. The van der Waals surface area contributed by atoms with Crippen LogP contribution in [-0.4, -0.2) is 25.0 Å². The van der Waals surface area contributed by atoms with E-state index in [1.807, 2.05) is 6.92 Å². The molecule has 0 radical (unpaired) electrons. The zero-order chi connectivity index (χ0) is 23.8. The number of nitrogens with one attached hydrogen (secondary N) is 2. The summed E-state index contributed by atoms with van der Waals surface area (Å²) in [7, 11) is 0. The smallest absolute Gasteiger partial charge is 0.418 e. The van der Waals surface area contributed by atoms with Gasteiger partial charge in [0, 0.05) is 5.69 Å². The number of carbonyl (C=O) groups is 2. The predicted octanol–water partition coefficient (Wildman–Crippen LogP) is 5.36. The van der Waals surface area contributed by atoms with Crippen LogP contribution < -0.4 is 20.1 Å². The minimum absolute atomic E-state index is 0.0527. The number of anilines is 2. The highest BCUT2D eigenvalue weighted by Crippen LogP contribution is 2.36. The van der Waals surface area contributed by atoms with Crippen LogP contribution in [0.2, 0.25) is 0 Å². The van der Waals surface area contributed by atoms with Gasteiger partial charge in [0.2, 0.25) is 0 Å². The highest BCUT2D eigenvalue weighted by atomic mass is 19.4. The summed E-state index contributed by atoms with van der Waals surface area (Å²) in [5.41, 5.74) is -1.69. The van der Waals surface area contributed by atoms with E-state index in [0.29, 0.717) is 18.1 Å². The second-order valence-corrected chi connectivity index (χ2v) is 6.85. The van der Waals surface area contributed by atoms with Gasteiger partial charge in [-0.25, -0.2) is 0 Å². The maximum absolute atomic E-state index is 13.5. The monoisotopic (exact) mass is 462 g/mol. The molecule has 0 bridgehead atoms. The maximum Gasteiger partial charge on any atom is 0.418 e. The van der Waals surface area contributed by atoms with E-state index < -0.39 is 35.8 Å². The van der Waals surface area contributed by atoms with Crippen LogP contribution in [0.25, 0.3) is 0 Å². The molecule has 1 aromatic heterocycles. The highest BCUT2D eigenvalue weighted by molar-refractivity contribution is 6.02. The molecular formula is C23H21F3N2O5. The van der Waals surface area contributed by atoms with Gasteiger partial charge in [-0.3, -0.25) is 9.59 Å². The summed E-state index contributed by atoms with van der Waals surface area (Å²) >= 11 is 0. The highest BCUT2D eigenvalue weighted by Gasteiger charge is 2.34. The van der Waals surface area contributed by atoms with Gasteiger partial charge < -0.3 is 24.5 Å². The molecule has 0 unspecified atom stereocenters. The molecule has 2 amide bonds. The standard InChI is InChI=1S/C23H21F3N2O5/c1-2-11-31-16-6-8-17(9-7-16)33-14-21(29)28-19-10-5-15(13-18(19)23(24,25)26)27-22(30)20-4-3-12-32-20/h3-10,12-13H,2,11,14H2,1H3,(H,27,30)(H,28,29). The first-order valence-corrected chi connectivity index (χ1v) is 9.98. The van der Waals surface area contributed by atoms with Crippen LogP contribution in [0.3, 0.4) is 0 Å². The SMILES string of the molecule is CCCOc1ccc(OCC(=O)Nc2ccc(NC(=O)c3ccco3)cc2C(F)(F)F)cc1. The normalized spacial score (nSPS) is 11.0. The first-order valence-electron chi connectivity index (χ1n) is 9.98. The molecule has 33 heavy (non-hydrogen) atoms. The van der Waals surface area contributed by atoms with E-state index in [1.54, 1.807) is 24.3 Å². The summed E-state index contributed by atoms with van der Waals surface area (Å²) < 4.78 is 56.3. The molecule has 2 N–H and O–H groups in total. The Labute approximate surface area is 187 Å². The third-order valence-electron chi connectivity index (χ3n) is 4.27. The van der Waals surface area contributed by atoms with E-state index in [2.05, 4.69) is 10.6 Å². The van der Waals surface area contributed by atoms with Crippen LogP contribution in [0, 0.1) is 0 Å². The lowest BCUT2D eigenvalue weighted by atomic mass is 10.1. The van der Waals surface area contributed by atoms with E-state index in [-0.39, 0.29) is 11.4 Å². The van der Waals surface area contributed by atoms with Gasteiger partial charge in [0.15, 0.2) is 12.4 Å². The maximum atomic E-state index is 13.5. The second kappa shape index (κ2) is 10.6. The molecule has 1 heterocycles. The van der Waals surface area contributed by atoms with Crippen LogP contribution in [0.1, 0.15) is 29.5 Å². The Morgan fingerprint density at radius 2 is 1.67 bits per heavy atom. The molecule has 0 fully saturated rings. The topological polar surface area (TPSA) is 89.8 Å². The molecule has 0 aliphatic heterocycles. The molecule has 0 saturated carbocycles. The summed E-state index contributed by atoms with van der Waals surface area (Å²) in [5, 5.41) is 4.52. The third kappa shape index (κ3) is 6.76. The van der Waals surface area contributed by atoms with Crippen molar-refractivity contribution in [3.8, 4) is 11.5 Å². The van der Waals surface area contributed by atoms with Crippen molar-refractivity contribution >= 4 is 23.2 Å². The molecule has 0 aliphatic carbocycles. The second-order valence-electron chi connectivity index (χ2n) is 6.85. The van der Waals surface area contributed by atoms with E-state index >= 15 is 0 Å². The Kier molecular flexibility index (Phi) is 7.60. The van der Waals surface area contributed by atoms with Crippen LogP contribution in [0.5, 0.6) is 11.5 Å². The van der Waals surface area contributed by atoms with Gasteiger partial charge in [-0.2, -0.15) is 13.2 Å². The van der Waals surface area contributed by atoms with E-state index in [1.165, 1.54) is 24.5 Å². The first kappa shape index (κ1) is 23.7. The zero-order valence-corrected chi connectivity index (χ0v) is 17.6. The van der Waals surface area contributed by atoms with Crippen molar-refractivity contribution in [1.29, 1.82) is 0 Å². The minimum atomic E-state index is -4.77. The summed E-state index contributed by atoms with van der Waals surface area (Å²) in [6, 6.07) is 12.4. The third-order valence-corrected chi connectivity index (χ3v) is 4.27. The number of amides is 2. The van der Waals surface area contributed by atoms with Crippen molar-refractivity contribution in [2.24, 2.45) is 0 Å². The van der Waals surface area contributed by atoms with Gasteiger partial charge in [-0.1, -0.05) is 6.92 Å². The molecular weight excluding hydrogens is 441 g/mol. The molecule has 174 valence electrons. The van der Waals surface area contributed by atoms with Crippen molar-refractivity contribution in [3.05, 3.63) is 72.2 Å². The van der Waals surface area contributed by atoms with Crippen molar-refractivity contribution in [2.45, 2.75) is 19.5 Å². The summed E-state index contributed by atoms with van der Waals surface area (Å²) in [5.74, 6) is -0.532. The summed E-state index contributed by atoms with van der Waals surface area (Å²) in [6.07, 6.45) is -2.65. The number of carbonyl (C=O) groups excluding carboxylic acids is 2. The van der Waals surface area contributed by atoms with Gasteiger partial charge in [-0.05, 0) is 61.0 Å². The largest absolute Gasteiger partial charge is 0.494 e. The van der Waals surface area contributed by atoms with Gasteiger partial charge in [-0.15, -0.1) is 0 Å². The lowest BCUT2D eigenvalue weighted by Crippen LogP contribution is -2.22. The fourth-order valence-corrected chi connectivity index (χ4v) is 2.75. The molecule has 3 rings (SSSR count). The van der Waals surface area contributed by atoms with Crippen LogP contribution >= 0.6 is 0 Å². The fourth-order valence-electron chi connectivity index (χ4n) is 2.75. The lowest BCUT2D eigenvalue weighted by molar-refractivity contribution is -0.137. The molecule has 3 aromatic rings. The number of halogens is 3. The van der Waals surface area contributed by atoms with E-state index in [0.717, 1.165) is 18.6 Å². The van der Waals surface area contributed by atoms with Crippen LogP contribution in [0.15, 0.2) is 65.3 Å².